The van der Waals surface area contributed by atoms with Crippen molar-refractivity contribution >= 4 is 475 Å². The van der Waals surface area contributed by atoms with Gasteiger partial charge in [-0.15, -0.1) is 54.6 Å². The molecule has 31 heteroatoms. The van der Waals surface area contributed by atoms with Crippen LogP contribution in [0.2, 0.25) is 0 Å². The SMILES string of the molecule is Bc1c(B)c(-c2c(B)c3c(B)c(B)c(B)c(B)c3c3c(B)c(B)c(B)c(B)c23)c(B)c(B)c1-c1c2c(B)c(B)c(B)c(B)c2c(-c2c(B)c(B)c(B)c3oc4c5c(B)c(B)c(B)c(B)c5c(B)c(B)c4c23)c2c(B)c(B)c(B)c(B)c12. The van der Waals surface area contributed by atoms with E-state index in [-0.39, 0.29) is 0 Å². The highest BCUT2D eigenvalue weighted by molar-refractivity contribution is 6.79. The highest BCUT2D eigenvalue weighted by Gasteiger charge is 2.33. The average Bonchev–Trinajstić information content (AvgIpc) is 4.10. The molecule has 0 aliphatic heterocycles. The fourth-order valence-electron chi connectivity index (χ4n) is 16.4. The normalized spacial score (nSPS) is 12.0. The molecule has 10 aromatic carbocycles. The summed E-state index contributed by atoms with van der Waals surface area (Å²) in [5.74, 6) is 0. The molecule has 356 valence electrons. The lowest BCUT2D eigenvalue weighted by atomic mass is 9.55. The van der Waals surface area contributed by atoms with Crippen LogP contribution in [0.4, 0.5) is 0 Å². The largest absolute Gasteiger partial charge is 0.456 e. The van der Waals surface area contributed by atoms with Gasteiger partial charge in [0, 0.05) is 16.2 Å². The number of hydrogen-bond donors (Lipinski definition) is 0. The van der Waals surface area contributed by atoms with Gasteiger partial charge in [0.05, 0.1) is 0 Å². The molecule has 0 spiro atoms. The first-order valence-electron chi connectivity index (χ1n) is 30.2. The molecule has 11 rings (SSSR count). The molecule has 1 aromatic heterocycles. The lowest BCUT2D eigenvalue weighted by molar-refractivity contribution is 0.676. The predicted molar refractivity (Wildman–Crippen MR) is 463 cm³/mol. The molecule has 81 heavy (non-hydrogen) atoms. The molecular weight excluding hydrogens is 941 g/mol. The van der Waals surface area contributed by atoms with Crippen molar-refractivity contribution in [2.24, 2.45) is 0 Å². The van der Waals surface area contributed by atoms with Crippen molar-refractivity contribution in [1.29, 1.82) is 0 Å². The fourth-order valence-corrected chi connectivity index (χ4v) is 16.4. The van der Waals surface area contributed by atoms with Crippen LogP contribution in [0.3, 0.4) is 0 Å². The topological polar surface area (TPSA) is 13.1 Å². The molecule has 0 atom stereocenters. The maximum Gasteiger partial charge on any atom is 0.143 e. The first kappa shape index (κ1) is 58.0. The fraction of sp³-hybridized carbons (Fsp3) is 0. The van der Waals surface area contributed by atoms with Crippen molar-refractivity contribution in [1.82, 2.24) is 0 Å². The van der Waals surface area contributed by atoms with Crippen LogP contribution in [-0.4, -0.2) is 235 Å². The second kappa shape index (κ2) is 19.4. The van der Waals surface area contributed by atoms with E-state index < -0.39 is 0 Å². The minimum Gasteiger partial charge on any atom is -0.456 e. The summed E-state index contributed by atoms with van der Waals surface area (Å²) in [6.45, 7) is 0. The van der Waals surface area contributed by atoms with E-state index in [1.54, 1.807) is 0 Å². The molecule has 1 heterocycles. The second-order valence-corrected chi connectivity index (χ2v) is 26.3. The minimum absolute atomic E-state index is 1.02. The molecule has 0 saturated heterocycles. The van der Waals surface area contributed by atoms with E-state index >= 15 is 0 Å². The molecule has 0 unspecified atom stereocenters. The zero-order chi connectivity index (χ0) is 59.6. The third-order valence-corrected chi connectivity index (χ3v) is 23.6. The number of rotatable bonds is 3. The Kier molecular flexibility index (Phi) is 13.9. The van der Waals surface area contributed by atoms with Gasteiger partial charge in [-0.25, -0.2) is 0 Å². The van der Waals surface area contributed by atoms with Gasteiger partial charge in [0.2, 0.25) is 0 Å². The Labute approximate surface area is 509 Å². The molecule has 0 saturated carbocycles. The molecule has 0 aliphatic carbocycles. The summed E-state index contributed by atoms with van der Waals surface area (Å²) in [7, 11) is 71.5. The van der Waals surface area contributed by atoms with E-state index in [9.17, 15) is 0 Å². The highest BCUT2D eigenvalue weighted by atomic mass is 16.3. The average molecular weight is 1000 g/mol. The van der Waals surface area contributed by atoms with Gasteiger partial charge < -0.3 is 4.42 Å². The van der Waals surface area contributed by atoms with E-state index in [0.29, 0.717) is 0 Å². The second-order valence-electron chi connectivity index (χ2n) is 26.3. The maximum absolute atomic E-state index is 7.59. The zero-order valence-corrected chi connectivity index (χ0v) is 55.4. The number of fused-ring (bicyclic) bond motifs is 10. The summed E-state index contributed by atoms with van der Waals surface area (Å²) < 4.78 is 7.59. The third-order valence-electron chi connectivity index (χ3n) is 23.6. The van der Waals surface area contributed by atoms with Crippen molar-refractivity contribution in [3.8, 4) is 33.4 Å². The third kappa shape index (κ3) is 7.30. The zero-order valence-electron chi connectivity index (χ0n) is 55.4. The number of furan rings is 1. The summed E-state index contributed by atoms with van der Waals surface area (Å²) in [5.41, 5.74) is 51.4. The Morgan fingerprint density at radius 1 is 0.111 bits per heavy atom. The van der Waals surface area contributed by atoms with Crippen molar-refractivity contribution in [2.75, 3.05) is 0 Å². The van der Waals surface area contributed by atoms with Crippen LogP contribution in [0.25, 0.3) is 109 Å². The van der Waals surface area contributed by atoms with Crippen LogP contribution >= 0.6 is 0 Å². The van der Waals surface area contributed by atoms with Gasteiger partial charge in [0.1, 0.15) is 247 Å². The van der Waals surface area contributed by atoms with Gasteiger partial charge in [-0.05, 0) is 81.9 Å². The van der Waals surface area contributed by atoms with E-state index in [1.165, 1.54) is 262 Å². The van der Waals surface area contributed by atoms with Gasteiger partial charge in [0.25, 0.3) is 0 Å². The van der Waals surface area contributed by atoms with Gasteiger partial charge in [-0.2, -0.15) is 0 Å². The molecule has 0 aliphatic rings. The minimum atomic E-state index is 1.02. The van der Waals surface area contributed by atoms with Crippen LogP contribution in [0.15, 0.2) is 4.42 Å². The van der Waals surface area contributed by atoms with Crippen molar-refractivity contribution in [2.45, 2.75) is 0 Å². The van der Waals surface area contributed by atoms with Crippen LogP contribution in [0.1, 0.15) is 0 Å². The summed E-state index contributed by atoms with van der Waals surface area (Å²) in [4.78, 5) is 0. The lowest BCUT2D eigenvalue weighted by Crippen LogP contribution is -2.52. The molecule has 0 fully saturated rings. The standard InChI is InChI=1S/C50H60B30O/c51-19-10(8-9(26(58)42(74)41(73)25(8)57)11-14(19)33(65)44(76)43(75)27(11)59)15-30(62)28(60)13(29(61)31(15)63)2-5-3(20(52)37(69)39(71)22(5)54)1(4-6(2)23(55)40(72)38(70)21(4)53)7-12-17-35(67)32(64)16-18(36(68)46(78)45(77)34(16)66)49(17)81-50(12)48(80)47(79)24(7)56/h51-80H2. The van der Waals surface area contributed by atoms with Crippen molar-refractivity contribution in [3.63, 3.8) is 0 Å². The molecule has 1 nitrogen and oxygen atoms in total. The molecular formula is C50H60B30O. The quantitative estimate of drug-likeness (QED) is 0.0977. The Morgan fingerprint density at radius 3 is 0.679 bits per heavy atom. The van der Waals surface area contributed by atoms with E-state index in [1.807, 2.05) is 0 Å². The smallest absolute Gasteiger partial charge is 0.143 e. The summed E-state index contributed by atoms with van der Waals surface area (Å²) in [6.07, 6.45) is 0. The van der Waals surface area contributed by atoms with E-state index in [2.05, 4.69) is 235 Å². The summed E-state index contributed by atoms with van der Waals surface area (Å²) in [5, 5.41) is 16.4. The van der Waals surface area contributed by atoms with Crippen molar-refractivity contribution in [3.05, 3.63) is 0 Å². The van der Waals surface area contributed by atoms with Crippen LogP contribution in [0, 0.1) is 0 Å². The van der Waals surface area contributed by atoms with Crippen LogP contribution < -0.4 is 164 Å². The monoisotopic (exact) mass is 1010 g/mol. The molecule has 0 radical (unpaired) electrons. The Hall–Kier alpha value is -4.75. The Morgan fingerprint density at radius 2 is 0.309 bits per heavy atom. The van der Waals surface area contributed by atoms with Crippen LogP contribution in [0.5, 0.6) is 0 Å². The first-order chi connectivity index (χ1) is 37.8. The Bertz CT molecular complexity index is 4820. The van der Waals surface area contributed by atoms with E-state index in [4.69, 9.17) is 4.42 Å². The number of hydrogen-bond acceptors (Lipinski definition) is 1. The van der Waals surface area contributed by atoms with Crippen LogP contribution in [-0.2, 0) is 0 Å². The molecule has 0 N–H and O–H groups in total. The van der Waals surface area contributed by atoms with E-state index in [0.717, 1.165) is 11.2 Å². The lowest BCUT2D eigenvalue weighted by Gasteiger charge is -2.32. The summed E-state index contributed by atoms with van der Waals surface area (Å²) in [6, 6.07) is 0. The first-order valence-corrected chi connectivity index (χ1v) is 30.2. The van der Waals surface area contributed by atoms with Gasteiger partial charge in [-0.3, -0.25) is 0 Å². The van der Waals surface area contributed by atoms with Gasteiger partial charge in [0.15, 0.2) is 0 Å². The van der Waals surface area contributed by atoms with Gasteiger partial charge in [-0.1, -0.05) is 109 Å². The predicted octanol–water partition coefficient (Wildman–Crippen LogP) is -37.9. The van der Waals surface area contributed by atoms with Crippen molar-refractivity contribution < 1.29 is 4.42 Å². The summed E-state index contributed by atoms with van der Waals surface area (Å²) >= 11 is 0. The molecule has 0 bridgehead atoms. The highest BCUT2D eigenvalue weighted by Crippen LogP contribution is 2.43. The molecule has 0 amide bonds. The molecule has 11 aromatic rings. The maximum atomic E-state index is 7.59. The number of benzene rings is 10. The van der Waals surface area contributed by atoms with Gasteiger partial charge >= 0.3 is 0 Å². The Balaban J connectivity index is 1.40.